The molecular weight excluding hydrogens is 419 g/mol. The third-order valence-electron chi connectivity index (χ3n) is 4.68. The molecule has 1 saturated heterocycles. The quantitative estimate of drug-likeness (QED) is 0.494. The lowest BCUT2D eigenvalue weighted by Gasteiger charge is -2.30. The van der Waals surface area contributed by atoms with Gasteiger partial charge in [-0.05, 0) is 44.0 Å². The number of hydrogen-bond acceptors (Lipinski definition) is 6. The molecule has 1 atom stereocenters. The number of anilines is 1. The molecule has 8 nitrogen and oxygen atoms in total. The Morgan fingerprint density at radius 1 is 1.16 bits per heavy atom. The summed E-state index contributed by atoms with van der Waals surface area (Å²) in [4.78, 5) is 47.9. The Labute approximate surface area is 176 Å². The first-order valence-electron chi connectivity index (χ1n) is 9.42. The Morgan fingerprint density at radius 2 is 1.74 bits per heavy atom. The second-order valence-electron chi connectivity index (χ2n) is 7.00. The van der Waals surface area contributed by atoms with Gasteiger partial charge in [0, 0.05) is 36.6 Å². The first-order chi connectivity index (χ1) is 14.5. The predicted octanol–water partition coefficient (Wildman–Crippen LogP) is 2.01. The van der Waals surface area contributed by atoms with Crippen LogP contribution in [0.3, 0.4) is 0 Å². The smallest absolute Gasteiger partial charge is 0.452 e. The number of nitrogens with two attached hydrogens (primary N) is 1. The van der Waals surface area contributed by atoms with Gasteiger partial charge in [-0.3, -0.25) is 19.2 Å². The predicted molar refractivity (Wildman–Crippen MR) is 104 cm³/mol. The first kappa shape index (κ1) is 23.9. The maximum Gasteiger partial charge on any atom is 0.454 e. The number of rotatable bonds is 7. The number of nitrogens with one attached hydrogen (secondary N) is 1. The number of hydrogen-bond donors (Lipinski definition) is 2. The highest BCUT2D eigenvalue weighted by Gasteiger charge is 2.36. The topological polar surface area (TPSA) is 119 Å². The molecule has 0 bridgehead atoms. The fraction of sp³-hybridized carbons (Fsp3) is 0.400. The van der Waals surface area contributed by atoms with E-state index in [4.69, 9.17) is 10.5 Å². The van der Waals surface area contributed by atoms with Gasteiger partial charge < -0.3 is 20.7 Å². The highest BCUT2D eigenvalue weighted by molar-refractivity contribution is 5.97. The molecule has 0 radical (unpaired) electrons. The number of carbonyl (C=O) groups excluding carboxylic acids is 4. The Hall–Kier alpha value is -3.37. The SMILES string of the molecule is CC(OC(=O)C1CCN(/C=C/C(=O)C(F)(F)F)CC1)C(=O)Nc1ccc(C(N)=O)cc1. The normalized spacial score (nSPS) is 16.1. The van der Waals surface area contributed by atoms with Gasteiger partial charge in [-0.25, -0.2) is 0 Å². The van der Waals surface area contributed by atoms with Crippen molar-refractivity contribution in [3.05, 3.63) is 42.1 Å². The number of benzene rings is 1. The lowest BCUT2D eigenvalue weighted by molar-refractivity contribution is -0.165. The molecule has 3 N–H and O–H groups in total. The largest absolute Gasteiger partial charge is 0.454 e. The van der Waals surface area contributed by atoms with Crippen LogP contribution in [0.1, 0.15) is 30.1 Å². The second-order valence-corrected chi connectivity index (χ2v) is 7.00. The molecule has 31 heavy (non-hydrogen) atoms. The van der Waals surface area contributed by atoms with Crippen LogP contribution in [0.25, 0.3) is 0 Å². The van der Waals surface area contributed by atoms with Crippen LogP contribution in [-0.2, 0) is 19.1 Å². The average molecular weight is 441 g/mol. The number of primary amides is 1. The summed E-state index contributed by atoms with van der Waals surface area (Å²) in [6, 6.07) is 5.86. The average Bonchev–Trinajstić information content (AvgIpc) is 2.71. The van der Waals surface area contributed by atoms with Gasteiger partial charge >= 0.3 is 12.1 Å². The van der Waals surface area contributed by atoms with Gasteiger partial charge in [-0.1, -0.05) is 0 Å². The number of allylic oxidation sites excluding steroid dienone is 1. The zero-order valence-electron chi connectivity index (χ0n) is 16.6. The zero-order chi connectivity index (χ0) is 23.2. The molecule has 1 aliphatic rings. The van der Waals surface area contributed by atoms with Crippen LogP contribution in [-0.4, -0.2) is 53.8 Å². The van der Waals surface area contributed by atoms with Gasteiger partial charge in [-0.2, -0.15) is 13.2 Å². The number of likely N-dealkylation sites (tertiary alicyclic amines) is 1. The first-order valence-corrected chi connectivity index (χ1v) is 9.42. The lowest BCUT2D eigenvalue weighted by Crippen LogP contribution is -2.37. The van der Waals surface area contributed by atoms with Crippen molar-refractivity contribution >= 4 is 29.3 Å². The number of halogens is 3. The molecule has 1 unspecified atom stereocenters. The van der Waals surface area contributed by atoms with E-state index in [9.17, 15) is 32.3 Å². The molecule has 0 spiro atoms. The Balaban J connectivity index is 1.80. The van der Waals surface area contributed by atoms with E-state index in [1.165, 1.54) is 36.1 Å². The van der Waals surface area contributed by atoms with Crippen LogP contribution in [0.5, 0.6) is 0 Å². The molecule has 0 aliphatic carbocycles. The lowest BCUT2D eigenvalue weighted by atomic mass is 9.97. The standard InChI is InChI=1S/C20H22F3N3O5/c1-12(18(29)25-15-4-2-13(3-5-15)17(24)28)31-19(30)14-6-9-26(10-7-14)11-8-16(27)20(21,22)23/h2-5,8,11-12,14H,6-7,9-10H2,1H3,(H2,24,28)(H,25,29)/b11-8+. The van der Waals surface area contributed by atoms with Crippen molar-refractivity contribution in [1.29, 1.82) is 0 Å². The van der Waals surface area contributed by atoms with Crippen molar-refractivity contribution in [3.8, 4) is 0 Å². The number of esters is 1. The highest BCUT2D eigenvalue weighted by Crippen LogP contribution is 2.21. The summed E-state index contributed by atoms with van der Waals surface area (Å²) in [7, 11) is 0. The van der Waals surface area contributed by atoms with Gasteiger partial charge in [0.05, 0.1) is 5.92 Å². The number of ketones is 1. The maximum absolute atomic E-state index is 12.3. The minimum atomic E-state index is -4.92. The van der Waals surface area contributed by atoms with Gasteiger partial charge in [0.25, 0.3) is 11.7 Å². The van der Waals surface area contributed by atoms with E-state index in [1.807, 2.05) is 0 Å². The van der Waals surface area contributed by atoms with Crippen LogP contribution >= 0.6 is 0 Å². The number of ether oxygens (including phenoxy) is 1. The van der Waals surface area contributed by atoms with Crippen LogP contribution < -0.4 is 11.1 Å². The second kappa shape index (κ2) is 10.1. The minimum Gasteiger partial charge on any atom is -0.452 e. The summed E-state index contributed by atoms with van der Waals surface area (Å²) in [5.74, 6) is -4.20. The number of alkyl halides is 3. The Morgan fingerprint density at radius 3 is 2.26 bits per heavy atom. The molecule has 0 aromatic heterocycles. The summed E-state index contributed by atoms with van der Waals surface area (Å²) >= 11 is 0. The Bertz CT molecular complexity index is 860. The molecule has 1 heterocycles. The summed E-state index contributed by atoms with van der Waals surface area (Å²) in [6.45, 7) is 1.95. The van der Waals surface area contributed by atoms with Gasteiger partial charge in [0.1, 0.15) is 0 Å². The molecule has 1 aliphatic heterocycles. The minimum absolute atomic E-state index is 0.272. The zero-order valence-corrected chi connectivity index (χ0v) is 16.6. The van der Waals surface area contributed by atoms with Crippen molar-refractivity contribution in [3.63, 3.8) is 0 Å². The maximum atomic E-state index is 12.3. The van der Waals surface area contributed by atoms with Crippen LogP contribution in [0.15, 0.2) is 36.5 Å². The van der Waals surface area contributed by atoms with Crippen molar-refractivity contribution in [1.82, 2.24) is 4.90 Å². The van der Waals surface area contributed by atoms with E-state index in [0.29, 0.717) is 24.6 Å². The number of carbonyl (C=O) groups is 4. The fourth-order valence-corrected chi connectivity index (χ4v) is 2.84. The van der Waals surface area contributed by atoms with E-state index in [2.05, 4.69) is 5.32 Å². The Kier molecular flexibility index (Phi) is 7.78. The van der Waals surface area contributed by atoms with Gasteiger partial charge in [0.15, 0.2) is 6.10 Å². The van der Waals surface area contributed by atoms with E-state index in [1.54, 1.807) is 0 Å². The molecule has 1 fully saturated rings. The van der Waals surface area contributed by atoms with Crippen molar-refractivity contribution < 1.29 is 37.1 Å². The summed E-state index contributed by atoms with van der Waals surface area (Å²) in [5, 5.41) is 2.55. The fourth-order valence-electron chi connectivity index (χ4n) is 2.84. The van der Waals surface area contributed by atoms with Crippen molar-refractivity contribution in [2.24, 2.45) is 11.7 Å². The number of amides is 2. The van der Waals surface area contributed by atoms with Gasteiger partial charge in [-0.15, -0.1) is 0 Å². The van der Waals surface area contributed by atoms with E-state index in [-0.39, 0.29) is 18.7 Å². The van der Waals surface area contributed by atoms with Crippen LogP contribution in [0.2, 0.25) is 0 Å². The van der Waals surface area contributed by atoms with E-state index in [0.717, 1.165) is 6.20 Å². The molecule has 1 aromatic rings. The van der Waals surface area contributed by atoms with Crippen molar-refractivity contribution in [2.75, 3.05) is 18.4 Å². The number of nitrogens with zero attached hydrogens (tertiary/aromatic N) is 1. The van der Waals surface area contributed by atoms with Crippen molar-refractivity contribution in [2.45, 2.75) is 32.0 Å². The summed E-state index contributed by atoms with van der Waals surface area (Å²) in [6.07, 6.45) is -3.85. The van der Waals surface area contributed by atoms with E-state index < -0.39 is 41.8 Å². The molecule has 11 heteroatoms. The monoisotopic (exact) mass is 441 g/mol. The third-order valence-corrected chi connectivity index (χ3v) is 4.68. The highest BCUT2D eigenvalue weighted by atomic mass is 19.4. The van der Waals surface area contributed by atoms with Crippen LogP contribution in [0, 0.1) is 5.92 Å². The summed E-state index contributed by atoms with van der Waals surface area (Å²) in [5.41, 5.74) is 5.82. The van der Waals surface area contributed by atoms with E-state index >= 15 is 0 Å². The third kappa shape index (κ3) is 7.12. The molecular formula is C20H22F3N3O5. The molecule has 2 amide bonds. The molecule has 168 valence electrons. The molecule has 1 aromatic carbocycles. The number of piperidine rings is 1. The van der Waals surface area contributed by atoms with Crippen LogP contribution in [0.4, 0.5) is 18.9 Å². The van der Waals surface area contributed by atoms with Gasteiger partial charge in [0.2, 0.25) is 5.91 Å². The molecule has 2 rings (SSSR count). The summed E-state index contributed by atoms with van der Waals surface area (Å²) < 4.78 is 41.8. The molecule has 0 saturated carbocycles.